The van der Waals surface area contributed by atoms with Crippen LogP contribution in [0.3, 0.4) is 0 Å². The lowest BCUT2D eigenvalue weighted by atomic mass is 9.84. The van der Waals surface area contributed by atoms with Crippen LogP contribution < -0.4 is 0 Å². The van der Waals surface area contributed by atoms with Crippen LogP contribution in [0.4, 0.5) is 0 Å². The third-order valence-electron chi connectivity index (χ3n) is 3.01. The van der Waals surface area contributed by atoms with E-state index in [1.165, 1.54) is 0 Å². The Labute approximate surface area is 79.4 Å². The van der Waals surface area contributed by atoms with Crippen LogP contribution in [-0.2, 0) is 14.2 Å². The minimum Gasteiger partial charge on any atom is -0.381 e. The van der Waals surface area contributed by atoms with Crippen molar-refractivity contribution >= 4 is 0 Å². The first-order valence-corrected chi connectivity index (χ1v) is 5.05. The van der Waals surface area contributed by atoms with Gasteiger partial charge in [0.25, 0.3) is 0 Å². The molecule has 2 rings (SSSR count). The Kier molecular flexibility index (Phi) is 2.58. The predicted molar refractivity (Wildman–Crippen MR) is 48.4 cm³/mol. The quantitative estimate of drug-likeness (QED) is 0.622. The average molecular weight is 186 g/mol. The van der Waals surface area contributed by atoms with Crippen LogP contribution in [0.25, 0.3) is 0 Å². The number of hydrogen-bond acceptors (Lipinski definition) is 3. The zero-order valence-electron chi connectivity index (χ0n) is 8.41. The summed E-state index contributed by atoms with van der Waals surface area (Å²) in [6.07, 6.45) is 3.35. The zero-order chi connectivity index (χ0) is 9.31. The van der Waals surface area contributed by atoms with E-state index in [9.17, 15) is 0 Å². The summed E-state index contributed by atoms with van der Waals surface area (Å²) >= 11 is 0. The maximum Gasteiger partial charge on any atom is 0.171 e. The summed E-state index contributed by atoms with van der Waals surface area (Å²) in [4.78, 5) is 0. The summed E-state index contributed by atoms with van der Waals surface area (Å²) in [7, 11) is 1.77. The number of rotatable bonds is 1. The van der Waals surface area contributed by atoms with Gasteiger partial charge in [-0.3, -0.25) is 0 Å². The third-order valence-corrected chi connectivity index (χ3v) is 3.01. The van der Waals surface area contributed by atoms with Gasteiger partial charge in [-0.05, 0) is 12.3 Å². The molecule has 2 fully saturated rings. The number of hydrogen-bond donors (Lipinski definition) is 0. The van der Waals surface area contributed by atoms with Crippen molar-refractivity contribution in [3.05, 3.63) is 0 Å². The van der Waals surface area contributed by atoms with E-state index in [0.29, 0.717) is 12.0 Å². The van der Waals surface area contributed by atoms with Crippen LogP contribution in [0.1, 0.15) is 26.2 Å². The molecular formula is C10H18O3. The van der Waals surface area contributed by atoms with E-state index < -0.39 is 0 Å². The predicted octanol–water partition coefficient (Wildman–Crippen LogP) is 1.56. The Balaban J connectivity index is 2.03. The molecule has 2 unspecified atom stereocenters. The highest BCUT2D eigenvalue weighted by molar-refractivity contribution is 4.86. The summed E-state index contributed by atoms with van der Waals surface area (Å²) in [5.74, 6) is 0.329. The average Bonchev–Trinajstić information content (AvgIpc) is 2.51. The summed E-state index contributed by atoms with van der Waals surface area (Å²) < 4.78 is 16.8. The molecule has 1 aliphatic carbocycles. The van der Waals surface area contributed by atoms with Crippen molar-refractivity contribution in [3.8, 4) is 0 Å². The Morgan fingerprint density at radius 3 is 2.54 bits per heavy atom. The molecule has 0 bridgehead atoms. The molecule has 1 spiro atoms. The lowest BCUT2D eigenvalue weighted by Gasteiger charge is -2.38. The topological polar surface area (TPSA) is 27.7 Å². The van der Waals surface area contributed by atoms with Gasteiger partial charge in [-0.25, -0.2) is 0 Å². The fraction of sp³-hybridized carbons (Fsp3) is 1.00. The van der Waals surface area contributed by atoms with Gasteiger partial charge in [0.2, 0.25) is 0 Å². The summed E-state index contributed by atoms with van der Waals surface area (Å²) in [5, 5.41) is 0. The fourth-order valence-corrected chi connectivity index (χ4v) is 2.49. The van der Waals surface area contributed by atoms with E-state index in [1.807, 2.05) is 0 Å². The minimum absolute atomic E-state index is 0.307. The van der Waals surface area contributed by atoms with Gasteiger partial charge >= 0.3 is 0 Å². The van der Waals surface area contributed by atoms with Gasteiger partial charge in [0, 0.05) is 20.0 Å². The molecule has 0 aromatic rings. The van der Waals surface area contributed by atoms with Crippen molar-refractivity contribution in [1.29, 1.82) is 0 Å². The van der Waals surface area contributed by atoms with E-state index in [-0.39, 0.29) is 5.79 Å². The van der Waals surface area contributed by atoms with E-state index >= 15 is 0 Å². The van der Waals surface area contributed by atoms with Gasteiger partial charge < -0.3 is 14.2 Å². The summed E-state index contributed by atoms with van der Waals surface area (Å²) in [6, 6.07) is 0. The van der Waals surface area contributed by atoms with Crippen LogP contribution in [0.15, 0.2) is 0 Å². The second kappa shape index (κ2) is 3.56. The molecule has 2 aliphatic rings. The van der Waals surface area contributed by atoms with E-state index in [0.717, 1.165) is 32.5 Å². The van der Waals surface area contributed by atoms with Crippen molar-refractivity contribution in [2.45, 2.75) is 38.1 Å². The second-order valence-corrected chi connectivity index (χ2v) is 4.21. The second-order valence-electron chi connectivity index (χ2n) is 4.21. The lowest BCUT2D eigenvalue weighted by Crippen LogP contribution is -2.42. The molecule has 1 heterocycles. The van der Waals surface area contributed by atoms with Gasteiger partial charge in [-0.1, -0.05) is 6.92 Å². The summed E-state index contributed by atoms with van der Waals surface area (Å²) in [5.41, 5.74) is 0. The highest BCUT2D eigenvalue weighted by atomic mass is 16.7. The molecule has 3 nitrogen and oxygen atoms in total. The molecule has 0 aromatic heterocycles. The maximum atomic E-state index is 5.68. The van der Waals surface area contributed by atoms with Gasteiger partial charge in [0.1, 0.15) is 0 Å². The first-order chi connectivity index (χ1) is 6.24. The number of methoxy groups -OCH3 is 1. The van der Waals surface area contributed by atoms with Gasteiger partial charge in [0.05, 0.1) is 19.3 Å². The molecule has 76 valence electrons. The molecule has 1 aliphatic heterocycles. The van der Waals surface area contributed by atoms with Crippen molar-refractivity contribution in [3.63, 3.8) is 0 Å². The normalized spacial score (nSPS) is 38.3. The van der Waals surface area contributed by atoms with Crippen LogP contribution in [-0.4, -0.2) is 32.2 Å². The molecule has 3 heteroatoms. The van der Waals surface area contributed by atoms with Crippen molar-refractivity contribution in [2.24, 2.45) is 5.92 Å². The fourth-order valence-electron chi connectivity index (χ4n) is 2.49. The van der Waals surface area contributed by atoms with E-state index in [1.54, 1.807) is 7.11 Å². The standard InChI is InChI=1S/C10H18O3/c1-8-5-9(11-2)7-10(6-8)12-3-4-13-10/h8-9H,3-7H2,1-2H3. The maximum absolute atomic E-state index is 5.68. The van der Waals surface area contributed by atoms with Gasteiger partial charge in [0.15, 0.2) is 5.79 Å². The van der Waals surface area contributed by atoms with Crippen molar-refractivity contribution in [1.82, 2.24) is 0 Å². The highest BCUT2D eigenvalue weighted by Crippen LogP contribution is 2.39. The molecule has 0 amide bonds. The first kappa shape index (κ1) is 9.44. The third kappa shape index (κ3) is 1.87. The Hall–Kier alpha value is -0.120. The van der Waals surface area contributed by atoms with Crippen LogP contribution in [0, 0.1) is 5.92 Å². The SMILES string of the molecule is COC1CC(C)CC2(C1)OCCO2. The van der Waals surface area contributed by atoms with Crippen LogP contribution in [0.2, 0.25) is 0 Å². The first-order valence-electron chi connectivity index (χ1n) is 5.05. The summed E-state index contributed by atoms with van der Waals surface area (Å²) in [6.45, 7) is 3.71. The van der Waals surface area contributed by atoms with Gasteiger partial charge in [-0.15, -0.1) is 0 Å². The molecule has 1 saturated heterocycles. The molecule has 2 atom stereocenters. The smallest absolute Gasteiger partial charge is 0.171 e. The minimum atomic E-state index is -0.307. The van der Waals surface area contributed by atoms with Crippen molar-refractivity contribution in [2.75, 3.05) is 20.3 Å². The monoisotopic (exact) mass is 186 g/mol. The van der Waals surface area contributed by atoms with Gasteiger partial charge in [-0.2, -0.15) is 0 Å². The zero-order valence-corrected chi connectivity index (χ0v) is 8.41. The lowest BCUT2D eigenvalue weighted by molar-refractivity contribution is -0.208. The largest absolute Gasteiger partial charge is 0.381 e. The molecule has 1 saturated carbocycles. The molecule has 13 heavy (non-hydrogen) atoms. The Bertz CT molecular complexity index is 175. The Morgan fingerprint density at radius 2 is 1.92 bits per heavy atom. The molecular weight excluding hydrogens is 168 g/mol. The van der Waals surface area contributed by atoms with Crippen molar-refractivity contribution < 1.29 is 14.2 Å². The Morgan fingerprint density at radius 1 is 1.23 bits per heavy atom. The van der Waals surface area contributed by atoms with Crippen LogP contribution in [0.5, 0.6) is 0 Å². The molecule has 0 radical (unpaired) electrons. The molecule has 0 N–H and O–H groups in total. The highest BCUT2D eigenvalue weighted by Gasteiger charge is 2.43. The van der Waals surface area contributed by atoms with E-state index in [4.69, 9.17) is 14.2 Å². The van der Waals surface area contributed by atoms with E-state index in [2.05, 4.69) is 6.92 Å². The number of ether oxygens (including phenoxy) is 3. The van der Waals surface area contributed by atoms with Crippen LogP contribution >= 0.6 is 0 Å². The molecule has 0 aromatic carbocycles.